The Morgan fingerprint density at radius 3 is 2.77 bits per heavy atom. The standard InChI is InChI=1S/C16H20N4O2/c1-9(2)12-8-13-11(5-6-15(22-4)20(13)19-12)16-10(3)7-14(21)17-18-16/h5-9,12,19H,1-4H3,(H,17,21). The van der Waals surface area contributed by atoms with Crippen LogP contribution in [0, 0.1) is 12.8 Å². The van der Waals surface area contributed by atoms with Crippen molar-refractivity contribution in [1.29, 1.82) is 0 Å². The molecule has 0 amide bonds. The minimum atomic E-state index is -0.193. The molecule has 1 aromatic heterocycles. The molecule has 2 N–H and O–H groups in total. The summed E-state index contributed by atoms with van der Waals surface area (Å²) in [5, 5.41) is 8.66. The highest BCUT2D eigenvalue weighted by molar-refractivity contribution is 5.81. The van der Waals surface area contributed by atoms with Crippen LogP contribution in [0.4, 0.5) is 0 Å². The highest BCUT2D eigenvalue weighted by atomic mass is 16.5. The Balaban J connectivity index is 2.10. The number of allylic oxidation sites excluding steroid dienone is 3. The Bertz CT molecular complexity index is 743. The molecular weight excluding hydrogens is 280 g/mol. The zero-order chi connectivity index (χ0) is 15.9. The van der Waals surface area contributed by atoms with Crippen LogP contribution in [0.3, 0.4) is 0 Å². The van der Waals surface area contributed by atoms with Crippen LogP contribution in [0.5, 0.6) is 0 Å². The van der Waals surface area contributed by atoms with Crippen LogP contribution >= 0.6 is 0 Å². The number of ether oxygens (including phenoxy) is 1. The average molecular weight is 300 g/mol. The molecule has 116 valence electrons. The molecule has 0 saturated carbocycles. The normalized spacial score (nSPS) is 20.5. The number of nitrogens with one attached hydrogen (secondary N) is 2. The fraction of sp³-hybridized carbons (Fsp3) is 0.375. The number of hydrogen-bond donors (Lipinski definition) is 2. The number of rotatable bonds is 3. The van der Waals surface area contributed by atoms with Crippen molar-refractivity contribution < 1.29 is 4.74 Å². The number of hydrazine groups is 1. The lowest BCUT2D eigenvalue weighted by Crippen LogP contribution is -2.40. The molecule has 6 heteroatoms. The summed E-state index contributed by atoms with van der Waals surface area (Å²) in [6.45, 7) is 6.22. The molecule has 0 saturated heterocycles. The maximum absolute atomic E-state index is 11.4. The van der Waals surface area contributed by atoms with Crippen molar-refractivity contribution in [2.75, 3.05) is 7.11 Å². The van der Waals surface area contributed by atoms with Crippen molar-refractivity contribution in [2.24, 2.45) is 5.92 Å². The lowest BCUT2D eigenvalue weighted by molar-refractivity contribution is 0.141. The van der Waals surface area contributed by atoms with E-state index in [1.54, 1.807) is 13.2 Å². The van der Waals surface area contributed by atoms with Gasteiger partial charge in [-0.3, -0.25) is 4.79 Å². The van der Waals surface area contributed by atoms with Crippen LogP contribution < -0.4 is 11.0 Å². The summed E-state index contributed by atoms with van der Waals surface area (Å²) in [6.07, 6.45) is 6.04. The molecule has 3 heterocycles. The highest BCUT2D eigenvalue weighted by Crippen LogP contribution is 2.35. The molecule has 0 aliphatic carbocycles. The minimum absolute atomic E-state index is 0.193. The Kier molecular flexibility index (Phi) is 3.62. The summed E-state index contributed by atoms with van der Waals surface area (Å²) in [6, 6.07) is 1.78. The van der Waals surface area contributed by atoms with Gasteiger partial charge in [0.25, 0.3) is 5.56 Å². The maximum Gasteiger partial charge on any atom is 0.264 e. The first-order valence-corrected chi connectivity index (χ1v) is 7.32. The van der Waals surface area contributed by atoms with Gasteiger partial charge in [-0.1, -0.05) is 13.8 Å². The summed E-state index contributed by atoms with van der Waals surface area (Å²) in [5.41, 5.74) is 6.82. The van der Waals surface area contributed by atoms with E-state index in [9.17, 15) is 4.79 Å². The molecule has 0 fully saturated rings. The number of H-pyrrole nitrogens is 1. The van der Waals surface area contributed by atoms with E-state index in [1.165, 1.54) is 0 Å². The monoisotopic (exact) mass is 300 g/mol. The lowest BCUT2D eigenvalue weighted by Gasteiger charge is -2.29. The van der Waals surface area contributed by atoms with Gasteiger partial charge in [0.15, 0.2) is 0 Å². The summed E-state index contributed by atoms with van der Waals surface area (Å²) in [5.74, 6) is 1.18. The van der Waals surface area contributed by atoms with Gasteiger partial charge in [-0.05, 0) is 30.6 Å². The van der Waals surface area contributed by atoms with E-state index in [0.717, 1.165) is 28.4 Å². The minimum Gasteiger partial charge on any atom is -0.481 e. The summed E-state index contributed by atoms with van der Waals surface area (Å²) in [4.78, 5) is 11.4. The average Bonchev–Trinajstić information content (AvgIpc) is 2.92. The van der Waals surface area contributed by atoms with Crippen LogP contribution in [0.25, 0.3) is 5.57 Å². The predicted molar refractivity (Wildman–Crippen MR) is 84.3 cm³/mol. The number of fused-ring (bicyclic) bond motifs is 1. The molecule has 2 aliphatic rings. The van der Waals surface area contributed by atoms with E-state index in [0.29, 0.717) is 5.92 Å². The number of aryl methyl sites for hydroxylation is 1. The smallest absolute Gasteiger partial charge is 0.264 e. The van der Waals surface area contributed by atoms with Crippen molar-refractivity contribution in [3.05, 3.63) is 57.5 Å². The largest absolute Gasteiger partial charge is 0.481 e. The molecule has 1 unspecified atom stereocenters. The van der Waals surface area contributed by atoms with Gasteiger partial charge in [0.2, 0.25) is 5.88 Å². The molecule has 22 heavy (non-hydrogen) atoms. The zero-order valence-electron chi connectivity index (χ0n) is 13.2. The molecule has 6 nitrogen and oxygen atoms in total. The first-order chi connectivity index (χ1) is 10.5. The number of aromatic amines is 1. The van der Waals surface area contributed by atoms with Crippen molar-refractivity contribution in [3.63, 3.8) is 0 Å². The van der Waals surface area contributed by atoms with E-state index in [-0.39, 0.29) is 11.6 Å². The van der Waals surface area contributed by atoms with Crippen molar-refractivity contribution in [3.8, 4) is 0 Å². The molecular formula is C16H20N4O2. The highest BCUT2D eigenvalue weighted by Gasteiger charge is 2.33. The molecule has 0 spiro atoms. The Morgan fingerprint density at radius 2 is 2.14 bits per heavy atom. The molecule has 2 aliphatic heterocycles. The number of hydrogen-bond acceptors (Lipinski definition) is 5. The second-order valence-electron chi connectivity index (χ2n) is 5.84. The maximum atomic E-state index is 11.4. The first-order valence-electron chi connectivity index (χ1n) is 7.32. The third kappa shape index (κ3) is 2.35. The molecule has 1 aromatic rings. The van der Waals surface area contributed by atoms with Crippen LogP contribution in [-0.4, -0.2) is 28.4 Å². The number of aromatic nitrogens is 2. The third-order valence-electron chi connectivity index (χ3n) is 3.93. The van der Waals surface area contributed by atoms with Gasteiger partial charge in [-0.25, -0.2) is 15.5 Å². The van der Waals surface area contributed by atoms with Crippen LogP contribution in [0.2, 0.25) is 0 Å². The molecule has 3 rings (SSSR count). The molecule has 0 aromatic carbocycles. The van der Waals surface area contributed by atoms with E-state index in [4.69, 9.17) is 4.74 Å². The number of methoxy groups -OCH3 is 1. The van der Waals surface area contributed by atoms with Crippen molar-refractivity contribution in [1.82, 2.24) is 20.6 Å². The van der Waals surface area contributed by atoms with E-state index < -0.39 is 0 Å². The molecule has 0 radical (unpaired) electrons. The Labute approximate surface area is 129 Å². The van der Waals surface area contributed by atoms with Crippen LogP contribution in [0.1, 0.15) is 25.1 Å². The van der Waals surface area contributed by atoms with E-state index >= 15 is 0 Å². The van der Waals surface area contributed by atoms with Gasteiger partial charge in [0, 0.05) is 23.8 Å². The number of nitrogens with zero attached hydrogens (tertiary/aromatic N) is 2. The van der Waals surface area contributed by atoms with Crippen LogP contribution in [0.15, 0.2) is 40.7 Å². The van der Waals surface area contributed by atoms with E-state index in [2.05, 4.69) is 35.5 Å². The van der Waals surface area contributed by atoms with Crippen LogP contribution in [-0.2, 0) is 4.74 Å². The SMILES string of the molecule is COC1=CC=C(c2n[nH]c(=O)cc2C)C2=CC(C(C)C)NN12. The fourth-order valence-electron chi connectivity index (χ4n) is 2.68. The van der Waals surface area contributed by atoms with Gasteiger partial charge in [0.05, 0.1) is 18.5 Å². The van der Waals surface area contributed by atoms with Gasteiger partial charge < -0.3 is 4.74 Å². The van der Waals surface area contributed by atoms with Crippen molar-refractivity contribution >= 4 is 5.57 Å². The van der Waals surface area contributed by atoms with Gasteiger partial charge in [-0.15, -0.1) is 0 Å². The topological polar surface area (TPSA) is 70.2 Å². The molecule has 0 bridgehead atoms. The quantitative estimate of drug-likeness (QED) is 0.889. The van der Waals surface area contributed by atoms with E-state index in [1.807, 2.05) is 24.1 Å². The fourth-order valence-corrected chi connectivity index (χ4v) is 2.68. The Morgan fingerprint density at radius 1 is 1.36 bits per heavy atom. The zero-order valence-corrected chi connectivity index (χ0v) is 13.2. The summed E-state index contributed by atoms with van der Waals surface area (Å²) in [7, 11) is 1.65. The van der Waals surface area contributed by atoms with Gasteiger partial charge in [0.1, 0.15) is 0 Å². The first kappa shape index (κ1) is 14.6. The molecule has 1 atom stereocenters. The summed E-state index contributed by atoms with van der Waals surface area (Å²) >= 11 is 0. The summed E-state index contributed by atoms with van der Waals surface area (Å²) < 4.78 is 5.43. The second-order valence-corrected chi connectivity index (χ2v) is 5.84. The lowest BCUT2D eigenvalue weighted by atomic mass is 9.99. The third-order valence-corrected chi connectivity index (χ3v) is 3.93. The Hall–Kier alpha value is -2.34. The van der Waals surface area contributed by atoms with Gasteiger partial charge >= 0.3 is 0 Å². The van der Waals surface area contributed by atoms with Gasteiger partial charge in [-0.2, -0.15) is 5.10 Å². The van der Waals surface area contributed by atoms with Crippen molar-refractivity contribution in [2.45, 2.75) is 26.8 Å². The second kappa shape index (κ2) is 5.46. The predicted octanol–water partition coefficient (Wildman–Crippen LogP) is 1.69.